The molecule has 26 heavy (non-hydrogen) atoms. The number of fused-ring (bicyclic) bond motifs is 1. The van der Waals surface area contributed by atoms with Gasteiger partial charge in [-0.25, -0.2) is 5.43 Å². The van der Waals surface area contributed by atoms with E-state index >= 15 is 0 Å². The summed E-state index contributed by atoms with van der Waals surface area (Å²) in [7, 11) is 0. The van der Waals surface area contributed by atoms with Crippen molar-refractivity contribution in [3.8, 4) is 11.5 Å². The van der Waals surface area contributed by atoms with Crippen LogP contribution in [0.15, 0.2) is 68.6 Å². The van der Waals surface area contributed by atoms with Crippen LogP contribution in [0.1, 0.15) is 5.56 Å². The summed E-state index contributed by atoms with van der Waals surface area (Å²) in [4.78, 5) is 11.9. The number of carbonyl (C=O) groups excluding carboxylic acids is 1. The topological polar surface area (TPSA) is 70.9 Å². The highest BCUT2D eigenvalue weighted by molar-refractivity contribution is 9.11. The lowest BCUT2D eigenvalue weighted by atomic mass is 10.1. The molecular formula is C19H14Br2N2O3. The van der Waals surface area contributed by atoms with Crippen LogP contribution in [0.25, 0.3) is 10.8 Å². The smallest absolute Gasteiger partial charge is 0.277 e. The molecule has 0 saturated heterocycles. The number of nitrogens with zero attached hydrogens (tertiary/aromatic N) is 1. The Balaban J connectivity index is 1.59. The number of carbonyl (C=O) groups is 1. The van der Waals surface area contributed by atoms with Crippen LogP contribution in [-0.2, 0) is 4.79 Å². The molecule has 0 heterocycles. The Morgan fingerprint density at radius 2 is 1.81 bits per heavy atom. The van der Waals surface area contributed by atoms with E-state index in [0.29, 0.717) is 20.3 Å². The van der Waals surface area contributed by atoms with Crippen LogP contribution in [-0.4, -0.2) is 23.8 Å². The van der Waals surface area contributed by atoms with Crippen molar-refractivity contribution in [2.75, 3.05) is 6.61 Å². The van der Waals surface area contributed by atoms with Crippen molar-refractivity contribution in [2.24, 2.45) is 5.10 Å². The van der Waals surface area contributed by atoms with Gasteiger partial charge in [-0.15, -0.1) is 0 Å². The van der Waals surface area contributed by atoms with Gasteiger partial charge in [0.2, 0.25) is 0 Å². The van der Waals surface area contributed by atoms with E-state index in [0.717, 1.165) is 10.8 Å². The average Bonchev–Trinajstić information content (AvgIpc) is 2.64. The molecule has 1 amide bonds. The van der Waals surface area contributed by atoms with Crippen molar-refractivity contribution in [3.05, 3.63) is 69.1 Å². The van der Waals surface area contributed by atoms with E-state index in [-0.39, 0.29) is 18.3 Å². The molecule has 0 bridgehead atoms. The largest absolute Gasteiger partial charge is 0.506 e. The summed E-state index contributed by atoms with van der Waals surface area (Å²) in [6.45, 7) is -0.145. The summed E-state index contributed by atoms with van der Waals surface area (Å²) in [6.07, 6.45) is 1.48. The third kappa shape index (κ3) is 4.42. The third-order valence-corrected chi connectivity index (χ3v) is 4.76. The van der Waals surface area contributed by atoms with Crippen LogP contribution in [0, 0.1) is 0 Å². The fourth-order valence-corrected chi connectivity index (χ4v) is 3.56. The molecule has 3 aromatic rings. The molecule has 0 saturated carbocycles. The molecule has 7 heteroatoms. The van der Waals surface area contributed by atoms with Crippen LogP contribution >= 0.6 is 31.9 Å². The Labute approximate surface area is 166 Å². The summed E-state index contributed by atoms with van der Waals surface area (Å²) in [6, 6.07) is 16.9. The first-order valence-corrected chi connectivity index (χ1v) is 9.23. The van der Waals surface area contributed by atoms with Crippen LogP contribution in [0.2, 0.25) is 0 Å². The van der Waals surface area contributed by atoms with Gasteiger partial charge in [0.15, 0.2) is 6.61 Å². The fourth-order valence-electron chi connectivity index (χ4n) is 2.34. The van der Waals surface area contributed by atoms with Crippen molar-refractivity contribution >= 4 is 54.8 Å². The van der Waals surface area contributed by atoms with Crippen LogP contribution in [0.5, 0.6) is 11.5 Å². The van der Waals surface area contributed by atoms with Crippen LogP contribution in [0.4, 0.5) is 0 Å². The highest BCUT2D eigenvalue weighted by Gasteiger charge is 2.06. The van der Waals surface area contributed by atoms with Crippen LogP contribution < -0.4 is 10.2 Å². The highest BCUT2D eigenvalue weighted by atomic mass is 79.9. The number of phenolic OH excluding ortho intramolecular Hbond substituents is 1. The quantitative estimate of drug-likeness (QED) is 0.416. The predicted molar refractivity (Wildman–Crippen MR) is 109 cm³/mol. The summed E-state index contributed by atoms with van der Waals surface area (Å²) < 4.78 is 6.66. The van der Waals surface area contributed by atoms with Gasteiger partial charge in [-0.2, -0.15) is 5.10 Å². The summed E-state index contributed by atoms with van der Waals surface area (Å²) >= 11 is 6.48. The Morgan fingerprint density at radius 1 is 1.12 bits per heavy atom. The molecule has 3 aromatic carbocycles. The van der Waals surface area contributed by atoms with Crippen molar-refractivity contribution in [2.45, 2.75) is 0 Å². The molecule has 0 aliphatic carbocycles. The SMILES string of the molecule is O=C(COc1cccc2ccccc12)N/N=C/c1cc(Br)c(O)c(Br)c1. The van der Waals surface area contributed by atoms with E-state index in [4.69, 9.17) is 4.74 Å². The third-order valence-electron chi connectivity index (χ3n) is 3.55. The summed E-state index contributed by atoms with van der Waals surface area (Å²) in [5.74, 6) is 0.384. The predicted octanol–water partition coefficient (Wildman–Crippen LogP) is 4.60. The number of halogens is 2. The number of phenols is 1. The first-order chi connectivity index (χ1) is 12.5. The van der Waals surface area contributed by atoms with Gasteiger partial charge >= 0.3 is 0 Å². The molecule has 0 spiro atoms. The van der Waals surface area contributed by atoms with Gasteiger partial charge in [-0.3, -0.25) is 4.79 Å². The molecule has 0 unspecified atom stereocenters. The van der Waals surface area contributed by atoms with Crippen molar-refractivity contribution < 1.29 is 14.6 Å². The van der Waals surface area contributed by atoms with E-state index in [2.05, 4.69) is 42.4 Å². The zero-order chi connectivity index (χ0) is 18.5. The second-order valence-electron chi connectivity index (χ2n) is 5.39. The Bertz CT molecular complexity index is 961. The minimum atomic E-state index is -0.369. The molecule has 2 N–H and O–H groups in total. The Kier molecular flexibility index (Phi) is 5.90. The lowest BCUT2D eigenvalue weighted by Gasteiger charge is -2.08. The molecule has 0 aromatic heterocycles. The van der Waals surface area contributed by atoms with Crippen molar-refractivity contribution in [3.63, 3.8) is 0 Å². The standard InChI is InChI=1S/C19H14Br2N2O3/c20-15-8-12(9-16(21)19(15)25)10-22-23-18(24)11-26-17-7-3-5-13-4-1-2-6-14(13)17/h1-10,25H,11H2,(H,23,24)/b22-10+. The normalized spacial score (nSPS) is 11.0. The van der Waals surface area contributed by atoms with Crippen LogP contribution in [0.3, 0.4) is 0 Å². The summed E-state index contributed by atoms with van der Waals surface area (Å²) in [5, 5.41) is 15.6. The molecule has 0 atom stereocenters. The number of rotatable bonds is 5. The zero-order valence-electron chi connectivity index (χ0n) is 13.4. The number of hydrazone groups is 1. The van der Waals surface area contributed by atoms with Crippen molar-refractivity contribution in [1.82, 2.24) is 5.43 Å². The zero-order valence-corrected chi connectivity index (χ0v) is 16.6. The summed E-state index contributed by atoms with van der Waals surface area (Å²) in [5.41, 5.74) is 3.12. The number of benzene rings is 3. The van der Waals surface area contributed by atoms with Crippen molar-refractivity contribution in [1.29, 1.82) is 0 Å². The fraction of sp³-hybridized carbons (Fsp3) is 0.0526. The lowest BCUT2D eigenvalue weighted by Crippen LogP contribution is -2.24. The molecule has 5 nitrogen and oxygen atoms in total. The first-order valence-electron chi connectivity index (χ1n) is 7.65. The minimum Gasteiger partial charge on any atom is -0.506 e. The van der Waals surface area contributed by atoms with E-state index in [1.54, 1.807) is 12.1 Å². The molecule has 0 fully saturated rings. The minimum absolute atomic E-state index is 0.106. The maximum atomic E-state index is 11.9. The molecule has 132 valence electrons. The molecular weight excluding hydrogens is 464 g/mol. The van der Waals surface area contributed by atoms with Gasteiger partial charge < -0.3 is 9.84 Å². The van der Waals surface area contributed by atoms with Gasteiger partial charge in [-0.1, -0.05) is 36.4 Å². The average molecular weight is 478 g/mol. The van der Waals surface area contributed by atoms with Gasteiger partial charge in [0, 0.05) is 5.39 Å². The molecule has 3 rings (SSSR count). The lowest BCUT2D eigenvalue weighted by molar-refractivity contribution is -0.123. The van der Waals surface area contributed by atoms with Gasteiger partial charge in [0.1, 0.15) is 11.5 Å². The van der Waals surface area contributed by atoms with E-state index < -0.39 is 0 Å². The maximum absolute atomic E-state index is 11.9. The highest BCUT2D eigenvalue weighted by Crippen LogP contribution is 2.32. The molecule has 0 radical (unpaired) electrons. The number of nitrogens with one attached hydrogen (secondary N) is 1. The van der Waals surface area contributed by atoms with Gasteiger partial charge in [0.05, 0.1) is 15.2 Å². The number of amides is 1. The Morgan fingerprint density at radius 3 is 2.58 bits per heavy atom. The van der Waals surface area contributed by atoms with Gasteiger partial charge in [-0.05, 0) is 61.0 Å². The number of ether oxygens (including phenoxy) is 1. The van der Waals surface area contributed by atoms with E-state index in [9.17, 15) is 9.90 Å². The molecule has 0 aliphatic rings. The number of hydrogen-bond acceptors (Lipinski definition) is 4. The molecule has 0 aliphatic heterocycles. The van der Waals surface area contributed by atoms with Gasteiger partial charge in [0.25, 0.3) is 5.91 Å². The second kappa shape index (κ2) is 8.33. The number of hydrogen-bond donors (Lipinski definition) is 2. The monoisotopic (exact) mass is 476 g/mol. The van der Waals surface area contributed by atoms with E-state index in [1.807, 2.05) is 42.5 Å². The second-order valence-corrected chi connectivity index (χ2v) is 7.10. The first kappa shape index (κ1) is 18.4. The maximum Gasteiger partial charge on any atom is 0.277 e. The Hall–Kier alpha value is -2.38. The number of aromatic hydroxyl groups is 1. The van der Waals surface area contributed by atoms with E-state index in [1.165, 1.54) is 6.21 Å².